The minimum absolute atomic E-state index is 0. The van der Waals surface area contributed by atoms with Gasteiger partial charge >= 0.3 is 30.4 Å². The van der Waals surface area contributed by atoms with Crippen molar-refractivity contribution in [1.82, 2.24) is 35.2 Å². The highest BCUT2D eigenvalue weighted by Gasteiger charge is 2.57. The molecule has 0 bridgehead atoms. The van der Waals surface area contributed by atoms with Crippen LogP contribution in [0.5, 0.6) is 46.5 Å². The Labute approximate surface area is 672 Å². The van der Waals surface area contributed by atoms with Crippen LogP contribution in [0.2, 0.25) is 0 Å². The molecule has 0 fully saturated rings. The number of Topliss-reactive ketones (excluding diaryl/α,β-unsaturated/α-hetero) is 2. The number of aliphatic hydroxyl groups is 6. The number of aromatic nitrogens is 6. The molecule has 638 valence electrons. The summed E-state index contributed by atoms with van der Waals surface area (Å²) in [7, 11) is 6.66. The Morgan fingerprint density at radius 1 is 0.462 bits per heavy atom. The number of nitrogens with one attached hydrogen (secondary N) is 1. The lowest BCUT2D eigenvalue weighted by Crippen LogP contribution is -2.45. The fourth-order valence-corrected chi connectivity index (χ4v) is 10.1. The maximum atomic E-state index is 14.7. The maximum Gasteiger partial charge on any atom is 0.422 e. The summed E-state index contributed by atoms with van der Waals surface area (Å²) < 4.78 is 165. The van der Waals surface area contributed by atoms with Crippen molar-refractivity contribution in [2.24, 2.45) is 5.73 Å². The number of carbonyl (C=O) groups excluding carboxylic acids is 4. The van der Waals surface area contributed by atoms with E-state index in [4.69, 9.17) is 73.9 Å². The van der Waals surface area contributed by atoms with E-state index >= 15 is 0 Å². The van der Waals surface area contributed by atoms with Gasteiger partial charge in [0.25, 0.3) is 23.5 Å². The van der Waals surface area contributed by atoms with Gasteiger partial charge in [0, 0.05) is 77.6 Å². The zero-order valence-corrected chi connectivity index (χ0v) is 66.3. The molecule has 0 saturated heterocycles. The second-order valence-electron chi connectivity index (χ2n) is 26.8. The van der Waals surface area contributed by atoms with Crippen molar-refractivity contribution >= 4 is 42.0 Å². The Morgan fingerprint density at radius 3 is 1.09 bits per heavy atom. The van der Waals surface area contributed by atoms with Gasteiger partial charge in [0.05, 0.1) is 101 Å². The Balaban J connectivity index is 0.000000362. The summed E-state index contributed by atoms with van der Waals surface area (Å²) in [5, 5.41) is 68.7. The number of nitrogens with two attached hydrogens (primary N) is 1. The van der Waals surface area contributed by atoms with E-state index in [9.17, 15) is 69.3 Å². The predicted molar refractivity (Wildman–Crippen MR) is 405 cm³/mol. The molecule has 0 spiro atoms. The number of ketones is 2. The van der Waals surface area contributed by atoms with Crippen molar-refractivity contribution in [3.63, 3.8) is 0 Å². The van der Waals surface area contributed by atoms with Crippen LogP contribution in [0.1, 0.15) is 138 Å². The average Bonchev–Trinajstić information content (AvgIpc) is 0.762. The zero-order valence-electron chi connectivity index (χ0n) is 65.5. The van der Waals surface area contributed by atoms with Crippen LogP contribution in [0.4, 0.5) is 39.9 Å². The van der Waals surface area contributed by atoms with Gasteiger partial charge in [-0.05, 0) is 157 Å². The number of alkyl carbamates (subject to hydrolysis) is 1. The summed E-state index contributed by atoms with van der Waals surface area (Å²) in [6.45, 7) is 10.3. The third kappa shape index (κ3) is 28.0. The molecule has 2 atom stereocenters. The molecule has 2 aromatic carbocycles. The van der Waals surface area contributed by atoms with Crippen LogP contribution >= 0.6 is 12.4 Å². The Kier molecular flexibility index (Phi) is 36.6. The summed E-state index contributed by atoms with van der Waals surface area (Å²) in [6.07, 6.45) is -10.4. The number of ether oxygens (including phenoxy) is 10. The quantitative estimate of drug-likeness (QED) is 0.0105. The van der Waals surface area contributed by atoms with Crippen LogP contribution in [0.3, 0.4) is 0 Å². The van der Waals surface area contributed by atoms with E-state index in [0.717, 1.165) is 55.0 Å². The minimum atomic E-state index is -5.31. The van der Waals surface area contributed by atoms with Gasteiger partial charge in [-0.1, -0.05) is 0 Å². The zero-order chi connectivity index (χ0) is 86.7. The van der Waals surface area contributed by atoms with Crippen molar-refractivity contribution < 1.29 is 142 Å². The van der Waals surface area contributed by atoms with Crippen molar-refractivity contribution in [1.29, 1.82) is 0 Å². The molecule has 0 aliphatic rings. The molecular formula is C78H91ClF8N8O22. The number of aliphatic hydroxyl groups excluding tert-OH is 4. The topological polar surface area (TPSA) is 435 Å². The first kappa shape index (κ1) is 98.1. The molecule has 0 saturated carbocycles. The van der Waals surface area contributed by atoms with Gasteiger partial charge < -0.3 is 94.2 Å². The Morgan fingerprint density at radius 2 is 0.778 bits per heavy atom. The number of aromatic carboxylic acids is 1. The first-order valence-corrected chi connectivity index (χ1v) is 34.9. The molecule has 30 nitrogen and oxygen atoms in total. The average molecular weight is 1680 g/mol. The van der Waals surface area contributed by atoms with E-state index in [1.165, 1.54) is 116 Å². The molecule has 10 N–H and O–H groups in total. The first-order valence-electron chi connectivity index (χ1n) is 34.9. The number of alkyl halides is 6. The monoisotopic (exact) mass is 1680 g/mol. The van der Waals surface area contributed by atoms with E-state index in [1.54, 1.807) is 34.6 Å². The summed E-state index contributed by atoms with van der Waals surface area (Å²) in [6, 6.07) is 20.0. The fourth-order valence-electron chi connectivity index (χ4n) is 10.1. The number of carbonyl (C=O) groups is 5. The molecule has 0 aliphatic carbocycles. The molecule has 2 unspecified atom stereocenters. The number of amides is 1. The van der Waals surface area contributed by atoms with Crippen molar-refractivity contribution in [3.05, 3.63) is 178 Å². The Hall–Kier alpha value is -11.3. The fraction of sp³-hybridized carbons (Fsp3) is 0.397. The molecule has 0 radical (unpaired) electrons. The van der Waals surface area contributed by atoms with Crippen molar-refractivity contribution in [2.75, 3.05) is 88.4 Å². The number of pyridine rings is 6. The van der Waals surface area contributed by atoms with E-state index in [2.05, 4.69) is 40.0 Å². The molecule has 8 aromatic rings. The third-order valence-corrected chi connectivity index (χ3v) is 16.2. The number of methoxy groups -OCH3 is 5. The predicted octanol–water partition coefficient (Wildman–Crippen LogP) is 10.9. The maximum absolute atomic E-state index is 14.7. The molecular weight excluding hydrogens is 1590 g/mol. The third-order valence-electron chi connectivity index (χ3n) is 16.2. The highest BCUT2D eigenvalue weighted by Crippen LogP contribution is 2.46. The van der Waals surface area contributed by atoms with Crippen molar-refractivity contribution in [3.8, 4) is 69.0 Å². The molecule has 1 amide bonds. The number of nitrogens with zero attached hydrogens (tertiary/aromatic N) is 6. The minimum Gasteiger partial charge on any atom is -0.491 e. The second kappa shape index (κ2) is 43.6. The lowest BCUT2D eigenvalue weighted by Gasteiger charge is -2.33. The molecule has 8 rings (SSSR count). The van der Waals surface area contributed by atoms with Gasteiger partial charge in [0.15, 0.2) is 34.6 Å². The molecule has 6 heterocycles. The number of benzene rings is 2. The summed E-state index contributed by atoms with van der Waals surface area (Å²) in [4.78, 5) is 84.1. The molecule has 6 aromatic heterocycles. The first-order chi connectivity index (χ1) is 54.4. The van der Waals surface area contributed by atoms with Crippen LogP contribution in [0.15, 0.2) is 122 Å². The van der Waals surface area contributed by atoms with Gasteiger partial charge in [-0.25, -0.2) is 53.1 Å². The van der Waals surface area contributed by atoms with Crippen LogP contribution in [0, 0.1) is 11.6 Å². The summed E-state index contributed by atoms with van der Waals surface area (Å²) in [5.41, 5.74) is -4.86. The van der Waals surface area contributed by atoms with Gasteiger partial charge in [0.2, 0.25) is 11.2 Å². The SMILES string of the molecule is COC(=O)c1cnc(OCCO)c(OC)c1.COc1cc(C(=O)CCC(O)(c2cc(C(C)(C)N)cc(-c3ccc(F)cc3)n2)C(F)(F)F)cnc1OCCO.COc1cc(C(=O)CCC(O)(c2cc(C(C)(C)NC(=O)OC(C)(C)C)cc(-c3ccc(F)cc3)n2)C(F)(F)F)cnc1OCCO.COc1cc(C(=O)O)cnc1OCCO.Cl. The van der Waals surface area contributed by atoms with E-state index in [0.29, 0.717) is 11.3 Å². The van der Waals surface area contributed by atoms with Crippen LogP contribution in [0.25, 0.3) is 22.5 Å². The number of rotatable bonds is 33. The molecule has 117 heavy (non-hydrogen) atoms. The number of hydrogen-bond acceptors (Lipinski definition) is 28. The van der Waals surface area contributed by atoms with Gasteiger partial charge in [-0.15, -0.1) is 12.4 Å². The number of halogens is 9. The molecule has 39 heteroatoms. The standard InChI is InChI=1S/C32H37F4N3O7.C27H29F4N3O5.C10H13NO5.C9H11NO5.ClH/c1-29(2,3)46-28(42)39-30(4,5)21-16-23(19-7-9-22(33)10-8-19)38-26(17-21)31(43,32(34,35)36)12-11-24(41)20-15-25(44-6)27(37-18-20)45-14-13-40;1-25(2,32)18-13-20(16-4-6-19(28)7-5-16)34-23(14-18)26(37,27(29,30)31)9-8-21(36)17-12-22(38-3)24(33-15-17)39-11-10-35;1-14-8-5-7(10(13)15-2)6-11-9(8)16-4-3-12;1-14-7-4-6(9(12)13)5-10-8(7)15-3-2-11;/h7-10,15-18,40,43H,11-14H2,1-6H3,(H,39,42);4-7,12-15,35,37H,8-11,32H2,1-3H3;5-6,12H,3-4H2,1-2H3;4-5,11H,2-3H2,1H3,(H,12,13);1H. The second-order valence-corrected chi connectivity index (χ2v) is 26.8. The van der Waals surface area contributed by atoms with Gasteiger partial charge in [-0.3, -0.25) is 9.59 Å². The number of carboxylic acid groups (broad SMARTS) is 1. The summed E-state index contributed by atoms with van der Waals surface area (Å²) >= 11 is 0. The normalized spacial score (nSPS) is 12.4. The van der Waals surface area contributed by atoms with Gasteiger partial charge in [-0.2, -0.15) is 26.3 Å². The van der Waals surface area contributed by atoms with E-state index in [1.807, 2.05) is 0 Å². The Bertz CT molecular complexity index is 4620. The largest absolute Gasteiger partial charge is 0.491 e. The van der Waals surface area contributed by atoms with E-state index in [-0.39, 0.29) is 156 Å². The highest BCUT2D eigenvalue weighted by atomic mass is 35.5. The van der Waals surface area contributed by atoms with Crippen molar-refractivity contribution in [2.45, 2.75) is 114 Å². The smallest absolute Gasteiger partial charge is 0.422 e. The van der Waals surface area contributed by atoms with Crippen LogP contribution < -0.4 is 48.9 Å². The lowest BCUT2D eigenvalue weighted by atomic mass is 9.86. The summed E-state index contributed by atoms with van der Waals surface area (Å²) in [5.74, 6) is -3.29. The van der Waals surface area contributed by atoms with Crippen LogP contribution in [-0.2, 0) is 31.8 Å². The van der Waals surface area contributed by atoms with Crippen LogP contribution in [-0.4, -0.2) is 202 Å². The van der Waals surface area contributed by atoms with Gasteiger partial charge in [0.1, 0.15) is 43.7 Å². The number of hydrogen-bond donors (Lipinski definition) is 9. The number of carboxylic acids is 1. The lowest BCUT2D eigenvalue weighted by molar-refractivity contribution is -0.270. The highest BCUT2D eigenvalue weighted by molar-refractivity contribution is 5.97. The van der Waals surface area contributed by atoms with E-state index < -0.39 is 119 Å². The number of esters is 1. The molecule has 0 aliphatic heterocycles.